The van der Waals surface area contributed by atoms with Crippen LogP contribution in [0.2, 0.25) is 15.1 Å². The standard InChI is InChI=1S/C22H15Cl3N2O/c23-15-5-1-13(2-6-15)19-12-20-18-11-17(25)9-10-21(18)28-22(27(20)26-19)14-3-7-16(24)8-4-14/h1-11,20,22H,12H2. The van der Waals surface area contributed by atoms with E-state index in [1.54, 1.807) is 0 Å². The molecule has 3 aromatic rings. The van der Waals surface area contributed by atoms with Gasteiger partial charge in [-0.15, -0.1) is 0 Å². The summed E-state index contributed by atoms with van der Waals surface area (Å²) in [5, 5.41) is 9.03. The topological polar surface area (TPSA) is 24.8 Å². The van der Waals surface area contributed by atoms with Crippen LogP contribution in [0.25, 0.3) is 0 Å². The van der Waals surface area contributed by atoms with Gasteiger partial charge in [-0.3, -0.25) is 0 Å². The summed E-state index contributed by atoms with van der Waals surface area (Å²) in [5.41, 5.74) is 4.09. The van der Waals surface area contributed by atoms with Crippen molar-refractivity contribution in [2.45, 2.75) is 18.7 Å². The van der Waals surface area contributed by atoms with Crippen LogP contribution in [0, 0.1) is 0 Å². The van der Waals surface area contributed by atoms with Gasteiger partial charge in [0.1, 0.15) is 5.75 Å². The number of hydrogen-bond donors (Lipinski definition) is 0. The molecule has 0 fully saturated rings. The fourth-order valence-electron chi connectivity index (χ4n) is 3.72. The fourth-order valence-corrected chi connectivity index (χ4v) is 4.15. The Hall–Kier alpha value is -2.20. The van der Waals surface area contributed by atoms with Gasteiger partial charge in [-0.05, 0) is 48.0 Å². The predicted octanol–water partition coefficient (Wildman–Crippen LogP) is 6.89. The molecule has 2 heterocycles. The largest absolute Gasteiger partial charge is 0.464 e. The van der Waals surface area contributed by atoms with E-state index in [1.165, 1.54) is 0 Å². The zero-order valence-corrected chi connectivity index (χ0v) is 16.9. The summed E-state index contributed by atoms with van der Waals surface area (Å²) in [5.74, 6) is 0.832. The molecule has 5 rings (SSSR count). The first-order valence-electron chi connectivity index (χ1n) is 8.92. The molecule has 0 bridgehead atoms. The number of ether oxygens (including phenoxy) is 1. The highest BCUT2D eigenvalue weighted by Crippen LogP contribution is 2.48. The van der Waals surface area contributed by atoms with Gasteiger partial charge in [0.15, 0.2) is 0 Å². The number of hydrazone groups is 1. The molecule has 0 N–H and O–H groups in total. The highest BCUT2D eigenvalue weighted by Gasteiger charge is 2.41. The Morgan fingerprint density at radius 1 is 0.821 bits per heavy atom. The van der Waals surface area contributed by atoms with Crippen molar-refractivity contribution < 1.29 is 4.74 Å². The van der Waals surface area contributed by atoms with Gasteiger partial charge >= 0.3 is 0 Å². The first-order chi connectivity index (χ1) is 13.6. The van der Waals surface area contributed by atoms with Gasteiger partial charge in [0.25, 0.3) is 0 Å². The van der Waals surface area contributed by atoms with Crippen molar-refractivity contribution in [1.29, 1.82) is 0 Å². The Labute approximate surface area is 178 Å². The van der Waals surface area contributed by atoms with Gasteiger partial charge in [0, 0.05) is 32.6 Å². The quantitative estimate of drug-likeness (QED) is 0.443. The number of benzene rings is 3. The summed E-state index contributed by atoms with van der Waals surface area (Å²) >= 11 is 18.4. The average Bonchev–Trinajstić information content (AvgIpc) is 3.14. The van der Waals surface area contributed by atoms with Crippen LogP contribution in [0.5, 0.6) is 5.75 Å². The molecule has 3 nitrogen and oxygen atoms in total. The lowest BCUT2D eigenvalue weighted by atomic mass is 9.96. The second-order valence-corrected chi connectivity index (χ2v) is 8.17. The van der Waals surface area contributed by atoms with Crippen LogP contribution < -0.4 is 4.74 Å². The molecule has 2 unspecified atom stereocenters. The van der Waals surface area contributed by atoms with Gasteiger partial charge in [0.2, 0.25) is 6.23 Å². The van der Waals surface area contributed by atoms with E-state index in [1.807, 2.05) is 71.7 Å². The van der Waals surface area contributed by atoms with Crippen molar-refractivity contribution in [2.75, 3.05) is 0 Å². The monoisotopic (exact) mass is 428 g/mol. The van der Waals surface area contributed by atoms with Crippen molar-refractivity contribution in [1.82, 2.24) is 5.01 Å². The van der Waals surface area contributed by atoms with E-state index < -0.39 is 0 Å². The van der Waals surface area contributed by atoms with Crippen molar-refractivity contribution >= 4 is 40.5 Å². The second kappa shape index (κ2) is 7.00. The minimum Gasteiger partial charge on any atom is -0.464 e. The highest BCUT2D eigenvalue weighted by atomic mass is 35.5. The van der Waals surface area contributed by atoms with Gasteiger partial charge in [-0.2, -0.15) is 5.10 Å². The molecular formula is C22H15Cl3N2O. The van der Waals surface area contributed by atoms with Gasteiger partial charge in [-0.25, -0.2) is 5.01 Å². The van der Waals surface area contributed by atoms with Crippen LogP contribution in [0.15, 0.2) is 71.8 Å². The fraction of sp³-hybridized carbons (Fsp3) is 0.136. The first kappa shape index (κ1) is 17.9. The number of nitrogens with zero attached hydrogens (tertiary/aromatic N) is 2. The third kappa shape index (κ3) is 3.14. The molecule has 140 valence electrons. The number of fused-ring (bicyclic) bond motifs is 3. The van der Waals surface area contributed by atoms with E-state index in [-0.39, 0.29) is 12.3 Å². The lowest BCUT2D eigenvalue weighted by Gasteiger charge is -2.38. The van der Waals surface area contributed by atoms with Crippen LogP contribution in [-0.2, 0) is 0 Å². The minimum atomic E-state index is -0.333. The van der Waals surface area contributed by atoms with E-state index >= 15 is 0 Å². The number of hydrogen-bond acceptors (Lipinski definition) is 3. The summed E-state index contributed by atoms with van der Waals surface area (Å²) in [7, 11) is 0. The Bertz CT molecular complexity index is 1060. The third-order valence-electron chi connectivity index (χ3n) is 5.08. The molecular weight excluding hydrogens is 415 g/mol. The molecule has 0 amide bonds. The van der Waals surface area contributed by atoms with E-state index in [0.29, 0.717) is 15.1 Å². The van der Waals surface area contributed by atoms with Crippen molar-refractivity contribution in [3.8, 4) is 5.75 Å². The second-order valence-electron chi connectivity index (χ2n) is 6.86. The molecule has 0 aromatic heterocycles. The molecule has 28 heavy (non-hydrogen) atoms. The van der Waals surface area contributed by atoms with Crippen LogP contribution in [-0.4, -0.2) is 10.7 Å². The maximum atomic E-state index is 6.33. The Morgan fingerprint density at radius 2 is 1.46 bits per heavy atom. The van der Waals surface area contributed by atoms with Gasteiger partial charge < -0.3 is 4.74 Å². The van der Waals surface area contributed by atoms with Crippen molar-refractivity contribution in [3.05, 3.63) is 98.5 Å². The lowest BCUT2D eigenvalue weighted by molar-refractivity contribution is -0.0190. The molecule has 3 aromatic carbocycles. The Kier molecular flexibility index (Phi) is 4.47. The highest BCUT2D eigenvalue weighted by molar-refractivity contribution is 6.31. The lowest BCUT2D eigenvalue weighted by Crippen LogP contribution is -2.33. The van der Waals surface area contributed by atoms with Crippen LogP contribution in [0.3, 0.4) is 0 Å². The Balaban J connectivity index is 1.59. The van der Waals surface area contributed by atoms with E-state index in [9.17, 15) is 0 Å². The maximum absolute atomic E-state index is 6.33. The van der Waals surface area contributed by atoms with Crippen molar-refractivity contribution in [2.24, 2.45) is 5.10 Å². The molecule has 2 aliphatic rings. The average molecular weight is 430 g/mol. The normalized spacial score (nSPS) is 20.2. The summed E-state index contributed by atoms with van der Waals surface area (Å²) in [6.45, 7) is 0. The minimum absolute atomic E-state index is 0.0498. The van der Waals surface area contributed by atoms with E-state index in [4.69, 9.17) is 44.6 Å². The van der Waals surface area contributed by atoms with Gasteiger partial charge in [0.05, 0.1) is 11.8 Å². The van der Waals surface area contributed by atoms with Crippen LogP contribution in [0.1, 0.15) is 35.4 Å². The predicted molar refractivity (Wildman–Crippen MR) is 113 cm³/mol. The maximum Gasteiger partial charge on any atom is 0.213 e. The number of rotatable bonds is 2. The molecule has 0 spiro atoms. The molecule has 0 saturated carbocycles. The molecule has 2 aliphatic heterocycles. The zero-order valence-electron chi connectivity index (χ0n) is 14.6. The molecule has 2 atom stereocenters. The van der Waals surface area contributed by atoms with E-state index in [2.05, 4.69) is 0 Å². The number of halogens is 3. The summed E-state index contributed by atoms with van der Waals surface area (Å²) in [6, 6.07) is 21.2. The summed E-state index contributed by atoms with van der Waals surface area (Å²) < 4.78 is 6.33. The molecule has 6 heteroatoms. The smallest absolute Gasteiger partial charge is 0.213 e. The third-order valence-corrected chi connectivity index (χ3v) is 5.82. The first-order valence-corrected chi connectivity index (χ1v) is 10.1. The Morgan fingerprint density at radius 3 is 2.18 bits per heavy atom. The molecule has 0 aliphatic carbocycles. The molecule has 0 radical (unpaired) electrons. The zero-order chi connectivity index (χ0) is 19.3. The molecule has 0 saturated heterocycles. The summed E-state index contributed by atoms with van der Waals surface area (Å²) in [4.78, 5) is 0. The van der Waals surface area contributed by atoms with E-state index in [0.717, 1.165) is 34.6 Å². The summed E-state index contributed by atoms with van der Waals surface area (Å²) in [6.07, 6.45) is 0.434. The van der Waals surface area contributed by atoms with Gasteiger partial charge in [-0.1, -0.05) is 59.1 Å². The SMILES string of the molecule is Clc1ccc(C2=NN3C(C2)c2cc(Cl)ccc2OC3c2ccc(Cl)cc2)cc1. The van der Waals surface area contributed by atoms with Crippen molar-refractivity contribution in [3.63, 3.8) is 0 Å². The van der Waals surface area contributed by atoms with Crippen LogP contribution >= 0.6 is 34.8 Å². The van der Waals surface area contributed by atoms with Crippen LogP contribution in [0.4, 0.5) is 0 Å².